The highest BCUT2D eigenvalue weighted by Gasteiger charge is 2.33. The Hall–Kier alpha value is -1.19. The van der Waals surface area contributed by atoms with E-state index in [0.29, 0.717) is 18.1 Å². The van der Waals surface area contributed by atoms with Crippen molar-refractivity contribution in [3.8, 4) is 0 Å². The molecule has 0 spiro atoms. The molecule has 1 saturated carbocycles. The lowest BCUT2D eigenvalue weighted by Crippen LogP contribution is -2.20. The highest BCUT2D eigenvalue weighted by Crippen LogP contribution is 2.36. The molecule has 0 radical (unpaired) electrons. The monoisotopic (exact) mass is 380 g/mol. The van der Waals surface area contributed by atoms with Gasteiger partial charge >= 0.3 is 5.97 Å². The molecule has 1 aliphatic carbocycles. The van der Waals surface area contributed by atoms with Gasteiger partial charge in [-0.2, -0.15) is 0 Å². The first-order chi connectivity index (χ1) is 13.0. The van der Waals surface area contributed by atoms with Crippen molar-refractivity contribution in [2.75, 3.05) is 0 Å². The summed E-state index contributed by atoms with van der Waals surface area (Å²) in [6.07, 6.45) is 14.4. The van der Waals surface area contributed by atoms with Crippen LogP contribution in [0.25, 0.3) is 0 Å². The van der Waals surface area contributed by atoms with Gasteiger partial charge in [0.25, 0.3) is 0 Å². The average Bonchev–Trinajstić information content (AvgIpc) is 2.97. The molecular weight excluding hydrogens is 340 g/mol. The Kier molecular flexibility index (Phi) is 12.3. The van der Waals surface area contributed by atoms with E-state index in [1.54, 1.807) is 13.8 Å². The number of rotatable bonds is 15. The predicted octanol–water partition coefficient (Wildman–Crippen LogP) is 5.80. The minimum atomic E-state index is -0.713. The summed E-state index contributed by atoms with van der Waals surface area (Å²) in [5.41, 5.74) is 0. The molecule has 2 atom stereocenters. The number of ether oxygens (including phenoxy) is 1. The maximum atomic E-state index is 12.2. The minimum Gasteiger partial charge on any atom is -0.457 e. The zero-order chi connectivity index (χ0) is 20.1. The molecule has 0 aliphatic heterocycles. The Morgan fingerprint density at radius 1 is 0.963 bits per heavy atom. The maximum absolute atomic E-state index is 12.2. The van der Waals surface area contributed by atoms with Crippen LogP contribution < -0.4 is 0 Å². The van der Waals surface area contributed by atoms with Gasteiger partial charge < -0.3 is 4.74 Å². The molecule has 0 aromatic carbocycles. The number of hydrogen-bond donors (Lipinski definition) is 0. The van der Waals surface area contributed by atoms with Crippen molar-refractivity contribution >= 4 is 17.5 Å². The van der Waals surface area contributed by atoms with Gasteiger partial charge in [-0.3, -0.25) is 9.59 Å². The summed E-state index contributed by atoms with van der Waals surface area (Å²) in [5.74, 6) is 0.118. The number of hydrogen-bond acceptors (Lipinski definition) is 4. The molecule has 0 saturated heterocycles. The van der Waals surface area contributed by atoms with Crippen LogP contribution in [0.2, 0.25) is 0 Å². The second-order valence-corrected chi connectivity index (χ2v) is 8.40. The first-order valence-electron chi connectivity index (χ1n) is 11.2. The number of carbonyl (C=O) groups excluding carboxylic acids is 3. The molecule has 1 rings (SSSR count). The number of Topliss-reactive ketones (excluding diaryl/α,β-unsaturated/α-hetero) is 2. The van der Waals surface area contributed by atoms with Crippen LogP contribution in [-0.4, -0.2) is 23.6 Å². The lowest BCUT2D eigenvalue weighted by atomic mass is 9.86. The third-order valence-corrected chi connectivity index (χ3v) is 5.66. The van der Waals surface area contributed by atoms with Crippen molar-refractivity contribution in [1.29, 1.82) is 0 Å². The number of ketones is 2. The molecule has 0 bridgehead atoms. The smallest absolute Gasteiger partial charge is 0.374 e. The van der Waals surface area contributed by atoms with Crippen LogP contribution in [0.4, 0.5) is 0 Å². The van der Waals surface area contributed by atoms with E-state index in [1.165, 1.54) is 44.9 Å². The lowest BCUT2D eigenvalue weighted by Gasteiger charge is -2.18. The van der Waals surface area contributed by atoms with Gasteiger partial charge in [-0.15, -0.1) is 0 Å². The molecule has 4 nitrogen and oxygen atoms in total. The van der Waals surface area contributed by atoms with Gasteiger partial charge in [0, 0.05) is 18.8 Å². The summed E-state index contributed by atoms with van der Waals surface area (Å²) in [6, 6.07) is 0. The molecule has 4 heteroatoms. The summed E-state index contributed by atoms with van der Waals surface area (Å²) in [5, 5.41) is 0. The Morgan fingerprint density at radius 2 is 1.59 bits per heavy atom. The van der Waals surface area contributed by atoms with E-state index in [-0.39, 0.29) is 18.4 Å². The van der Waals surface area contributed by atoms with Crippen molar-refractivity contribution in [3.05, 3.63) is 0 Å². The molecule has 156 valence electrons. The van der Waals surface area contributed by atoms with Crippen LogP contribution in [0.3, 0.4) is 0 Å². The number of esters is 1. The van der Waals surface area contributed by atoms with Crippen LogP contribution >= 0.6 is 0 Å². The molecule has 0 amide bonds. The van der Waals surface area contributed by atoms with Gasteiger partial charge in [-0.1, -0.05) is 58.3 Å². The van der Waals surface area contributed by atoms with Crippen molar-refractivity contribution in [2.45, 2.75) is 117 Å². The summed E-state index contributed by atoms with van der Waals surface area (Å²) >= 11 is 0. The standard InChI is InChI=1S/C23H40O4/c1-4-5-6-7-8-10-13-19-16-17-21(24)20(19)14-11-9-12-15-22(25)23(26)27-18(2)3/h18-20H,4-17H2,1-3H3/t19-,20+/m0/s1. The fourth-order valence-electron chi connectivity index (χ4n) is 4.11. The van der Waals surface area contributed by atoms with E-state index in [1.807, 2.05) is 0 Å². The van der Waals surface area contributed by atoms with E-state index in [9.17, 15) is 14.4 Å². The molecule has 0 aromatic heterocycles. The SMILES string of the molecule is CCCCCCCC[C@H]1CCC(=O)[C@@H]1CCCCCC(=O)C(=O)OC(C)C. The Balaban J connectivity index is 2.16. The molecular formula is C23H40O4. The Morgan fingerprint density at radius 3 is 2.30 bits per heavy atom. The molecule has 0 unspecified atom stereocenters. The van der Waals surface area contributed by atoms with E-state index in [2.05, 4.69) is 6.92 Å². The van der Waals surface area contributed by atoms with Gasteiger partial charge in [-0.05, 0) is 45.4 Å². The Bertz CT molecular complexity index is 455. The molecule has 0 heterocycles. The fourth-order valence-corrected chi connectivity index (χ4v) is 4.11. The zero-order valence-electron chi connectivity index (χ0n) is 17.8. The van der Waals surface area contributed by atoms with E-state index < -0.39 is 11.8 Å². The van der Waals surface area contributed by atoms with Gasteiger partial charge in [-0.25, -0.2) is 4.79 Å². The van der Waals surface area contributed by atoms with Gasteiger partial charge in [0.2, 0.25) is 5.78 Å². The van der Waals surface area contributed by atoms with E-state index in [0.717, 1.165) is 32.1 Å². The van der Waals surface area contributed by atoms with Crippen LogP contribution in [-0.2, 0) is 19.1 Å². The maximum Gasteiger partial charge on any atom is 0.374 e. The number of unbranched alkanes of at least 4 members (excludes halogenated alkanes) is 7. The van der Waals surface area contributed by atoms with Crippen molar-refractivity contribution < 1.29 is 19.1 Å². The van der Waals surface area contributed by atoms with Crippen LogP contribution in [0, 0.1) is 11.8 Å². The third-order valence-electron chi connectivity index (χ3n) is 5.66. The molecule has 27 heavy (non-hydrogen) atoms. The lowest BCUT2D eigenvalue weighted by molar-refractivity contribution is -0.156. The molecule has 0 aromatic rings. The second-order valence-electron chi connectivity index (χ2n) is 8.40. The fraction of sp³-hybridized carbons (Fsp3) is 0.870. The van der Waals surface area contributed by atoms with E-state index >= 15 is 0 Å². The first-order valence-corrected chi connectivity index (χ1v) is 11.2. The van der Waals surface area contributed by atoms with Gasteiger partial charge in [0.1, 0.15) is 5.78 Å². The van der Waals surface area contributed by atoms with Crippen LogP contribution in [0.5, 0.6) is 0 Å². The second kappa shape index (κ2) is 13.9. The quantitative estimate of drug-likeness (QED) is 0.204. The van der Waals surface area contributed by atoms with Gasteiger partial charge in [0.05, 0.1) is 6.10 Å². The number of carbonyl (C=O) groups is 3. The topological polar surface area (TPSA) is 60.4 Å². The molecule has 1 aliphatic rings. The van der Waals surface area contributed by atoms with Crippen molar-refractivity contribution in [3.63, 3.8) is 0 Å². The molecule has 1 fully saturated rings. The summed E-state index contributed by atoms with van der Waals surface area (Å²) in [4.78, 5) is 35.4. The highest BCUT2D eigenvalue weighted by atomic mass is 16.5. The minimum absolute atomic E-state index is 0.238. The zero-order valence-corrected chi connectivity index (χ0v) is 17.8. The highest BCUT2D eigenvalue weighted by molar-refractivity contribution is 6.33. The predicted molar refractivity (Wildman–Crippen MR) is 109 cm³/mol. The largest absolute Gasteiger partial charge is 0.457 e. The van der Waals surface area contributed by atoms with Crippen LogP contribution in [0.1, 0.15) is 111 Å². The molecule has 0 N–H and O–H groups in total. The summed E-state index contributed by atoms with van der Waals surface area (Å²) in [6.45, 7) is 5.72. The van der Waals surface area contributed by atoms with Gasteiger partial charge in [0.15, 0.2) is 0 Å². The van der Waals surface area contributed by atoms with Crippen molar-refractivity contribution in [2.24, 2.45) is 11.8 Å². The Labute approximate surface area is 165 Å². The van der Waals surface area contributed by atoms with Crippen LogP contribution in [0.15, 0.2) is 0 Å². The van der Waals surface area contributed by atoms with E-state index in [4.69, 9.17) is 4.74 Å². The first kappa shape index (κ1) is 23.8. The van der Waals surface area contributed by atoms with Crippen molar-refractivity contribution in [1.82, 2.24) is 0 Å². The normalized spacial score (nSPS) is 19.6. The summed E-state index contributed by atoms with van der Waals surface area (Å²) < 4.78 is 4.91. The summed E-state index contributed by atoms with van der Waals surface area (Å²) in [7, 11) is 0. The third kappa shape index (κ3) is 10.1. The average molecular weight is 381 g/mol.